The molecule has 0 saturated carbocycles. The first-order chi connectivity index (χ1) is 15.4. The van der Waals surface area contributed by atoms with E-state index in [9.17, 15) is 14.4 Å². The fourth-order valence-electron chi connectivity index (χ4n) is 3.33. The molecule has 4 aromatic rings. The van der Waals surface area contributed by atoms with Crippen LogP contribution < -0.4 is 0 Å². The van der Waals surface area contributed by atoms with Gasteiger partial charge in [0.1, 0.15) is 0 Å². The van der Waals surface area contributed by atoms with Gasteiger partial charge in [0.15, 0.2) is 17.3 Å². The van der Waals surface area contributed by atoms with Gasteiger partial charge in [-0.3, -0.25) is 14.4 Å². The molecule has 0 aliphatic heterocycles. The maximum atomic E-state index is 13.2. The number of carbonyl (C=O) groups is 3. The Labute approximate surface area is 213 Å². The Hall–Kier alpha value is -2.65. The summed E-state index contributed by atoms with van der Waals surface area (Å²) < 4.78 is 2.09. The van der Waals surface area contributed by atoms with E-state index in [0.29, 0.717) is 33.4 Å². The summed E-state index contributed by atoms with van der Waals surface area (Å²) in [7, 11) is 0. The second-order valence-corrected chi connectivity index (χ2v) is 9.62. The first kappa shape index (κ1) is 22.5. The zero-order chi connectivity index (χ0) is 22.7. The molecule has 0 saturated heterocycles. The van der Waals surface area contributed by atoms with Crippen LogP contribution in [0.2, 0.25) is 0 Å². The molecule has 32 heavy (non-hydrogen) atoms. The predicted molar refractivity (Wildman–Crippen MR) is 141 cm³/mol. The Balaban J connectivity index is 1.61. The third kappa shape index (κ3) is 4.88. The summed E-state index contributed by atoms with van der Waals surface area (Å²) in [6.07, 6.45) is 0. The minimum atomic E-state index is -0.257. The SMILES string of the molecule is O=C(c1ccc(I)cc1)c1ccc(C(=O)c2ccccc2C(=O)c2ccc(I)cc2)cc1. The molecule has 156 valence electrons. The quantitative estimate of drug-likeness (QED) is 0.176. The van der Waals surface area contributed by atoms with E-state index in [2.05, 4.69) is 45.2 Å². The van der Waals surface area contributed by atoms with Crippen molar-refractivity contribution in [2.45, 2.75) is 0 Å². The summed E-state index contributed by atoms with van der Waals surface area (Å²) in [6, 6.07) is 28.0. The summed E-state index contributed by atoms with van der Waals surface area (Å²) in [5.41, 5.74) is 2.76. The summed E-state index contributed by atoms with van der Waals surface area (Å²) >= 11 is 4.37. The minimum Gasteiger partial charge on any atom is -0.289 e. The summed E-state index contributed by atoms with van der Waals surface area (Å²) in [5.74, 6) is -0.557. The average Bonchev–Trinajstić information content (AvgIpc) is 2.84. The van der Waals surface area contributed by atoms with Crippen molar-refractivity contribution in [2.24, 2.45) is 0 Å². The van der Waals surface area contributed by atoms with Crippen molar-refractivity contribution in [3.8, 4) is 0 Å². The van der Waals surface area contributed by atoms with Crippen LogP contribution in [-0.4, -0.2) is 17.3 Å². The molecule has 0 atom stereocenters. The standard InChI is InChI=1S/C27H16I2O3/c28-21-13-9-18(10-14-21)25(30)17-5-7-19(8-6-17)26(31)23-3-1-2-4-24(23)27(32)20-11-15-22(29)16-12-20/h1-16H. The molecule has 0 spiro atoms. The van der Waals surface area contributed by atoms with Crippen molar-refractivity contribution in [3.05, 3.63) is 138 Å². The normalized spacial score (nSPS) is 10.6. The number of carbonyl (C=O) groups excluding carboxylic acids is 3. The topological polar surface area (TPSA) is 51.2 Å². The van der Waals surface area contributed by atoms with Crippen LogP contribution in [0.3, 0.4) is 0 Å². The molecular weight excluding hydrogens is 626 g/mol. The van der Waals surface area contributed by atoms with Crippen LogP contribution in [0, 0.1) is 7.14 Å². The fraction of sp³-hybridized carbons (Fsp3) is 0. The molecule has 0 aliphatic rings. The third-order valence-corrected chi connectivity index (χ3v) is 6.48. The first-order valence-corrected chi connectivity index (χ1v) is 11.9. The van der Waals surface area contributed by atoms with Crippen molar-refractivity contribution in [1.29, 1.82) is 0 Å². The second-order valence-electron chi connectivity index (χ2n) is 7.12. The van der Waals surface area contributed by atoms with Gasteiger partial charge in [0.05, 0.1) is 0 Å². The molecule has 0 bridgehead atoms. The number of benzene rings is 4. The molecule has 0 heterocycles. The zero-order valence-electron chi connectivity index (χ0n) is 16.7. The predicted octanol–water partition coefficient (Wildman–Crippen LogP) is 6.59. The monoisotopic (exact) mass is 642 g/mol. The van der Waals surface area contributed by atoms with Gasteiger partial charge in [-0.25, -0.2) is 0 Å². The molecule has 0 aromatic heterocycles. The lowest BCUT2D eigenvalue weighted by molar-refractivity contribution is 0.100. The Morgan fingerprint density at radius 3 is 1.03 bits per heavy atom. The number of hydrogen-bond acceptors (Lipinski definition) is 3. The molecule has 0 unspecified atom stereocenters. The van der Waals surface area contributed by atoms with Crippen LogP contribution in [0.4, 0.5) is 0 Å². The van der Waals surface area contributed by atoms with E-state index in [1.54, 1.807) is 72.8 Å². The summed E-state index contributed by atoms with van der Waals surface area (Å²) in [5, 5.41) is 0. The summed E-state index contributed by atoms with van der Waals surface area (Å²) in [6.45, 7) is 0. The highest BCUT2D eigenvalue weighted by molar-refractivity contribution is 14.1. The zero-order valence-corrected chi connectivity index (χ0v) is 21.0. The van der Waals surface area contributed by atoms with Crippen LogP contribution in [0.25, 0.3) is 0 Å². The Morgan fingerprint density at radius 1 is 0.406 bits per heavy atom. The van der Waals surface area contributed by atoms with Gasteiger partial charge in [-0.2, -0.15) is 0 Å². The molecule has 4 rings (SSSR count). The lowest BCUT2D eigenvalue weighted by Gasteiger charge is -2.09. The van der Waals surface area contributed by atoms with E-state index in [-0.39, 0.29) is 17.3 Å². The molecule has 4 aromatic carbocycles. The van der Waals surface area contributed by atoms with Crippen molar-refractivity contribution in [3.63, 3.8) is 0 Å². The van der Waals surface area contributed by atoms with Crippen LogP contribution in [0.15, 0.2) is 97.1 Å². The van der Waals surface area contributed by atoms with Crippen molar-refractivity contribution in [2.75, 3.05) is 0 Å². The van der Waals surface area contributed by atoms with E-state index in [1.807, 2.05) is 24.3 Å². The van der Waals surface area contributed by atoms with Gasteiger partial charge in [0, 0.05) is 40.5 Å². The van der Waals surface area contributed by atoms with E-state index in [4.69, 9.17) is 0 Å². The lowest BCUT2D eigenvalue weighted by Crippen LogP contribution is -2.11. The van der Waals surface area contributed by atoms with Gasteiger partial charge in [0.2, 0.25) is 0 Å². The van der Waals surface area contributed by atoms with Gasteiger partial charge in [-0.1, -0.05) is 48.5 Å². The van der Waals surface area contributed by atoms with E-state index >= 15 is 0 Å². The minimum absolute atomic E-state index is 0.102. The van der Waals surface area contributed by atoms with Crippen LogP contribution in [0.1, 0.15) is 47.8 Å². The Kier molecular flexibility index (Phi) is 6.95. The Morgan fingerprint density at radius 2 is 0.688 bits per heavy atom. The van der Waals surface area contributed by atoms with Crippen LogP contribution >= 0.6 is 45.2 Å². The fourth-order valence-corrected chi connectivity index (χ4v) is 4.05. The molecule has 0 radical (unpaired) electrons. The largest absolute Gasteiger partial charge is 0.289 e. The van der Waals surface area contributed by atoms with Gasteiger partial charge in [0.25, 0.3) is 0 Å². The highest BCUT2D eigenvalue weighted by Crippen LogP contribution is 2.20. The molecule has 0 N–H and O–H groups in total. The highest BCUT2D eigenvalue weighted by Gasteiger charge is 2.19. The first-order valence-electron chi connectivity index (χ1n) is 9.78. The smallest absolute Gasteiger partial charge is 0.193 e. The molecule has 0 aliphatic carbocycles. The van der Waals surface area contributed by atoms with Gasteiger partial charge < -0.3 is 0 Å². The molecule has 0 amide bonds. The van der Waals surface area contributed by atoms with Crippen molar-refractivity contribution < 1.29 is 14.4 Å². The molecular formula is C27H16I2O3. The van der Waals surface area contributed by atoms with Gasteiger partial charge in [-0.05, 0) is 93.7 Å². The van der Waals surface area contributed by atoms with Crippen LogP contribution in [0.5, 0.6) is 0 Å². The van der Waals surface area contributed by atoms with Gasteiger partial charge in [-0.15, -0.1) is 0 Å². The number of halogens is 2. The maximum absolute atomic E-state index is 13.2. The van der Waals surface area contributed by atoms with E-state index in [0.717, 1.165) is 7.14 Å². The molecule has 3 nitrogen and oxygen atoms in total. The summed E-state index contributed by atoms with van der Waals surface area (Å²) in [4.78, 5) is 38.9. The molecule has 0 fully saturated rings. The van der Waals surface area contributed by atoms with Gasteiger partial charge >= 0.3 is 0 Å². The van der Waals surface area contributed by atoms with Crippen molar-refractivity contribution in [1.82, 2.24) is 0 Å². The van der Waals surface area contributed by atoms with E-state index < -0.39 is 0 Å². The molecule has 5 heteroatoms. The maximum Gasteiger partial charge on any atom is 0.193 e. The average molecular weight is 642 g/mol. The van der Waals surface area contributed by atoms with Crippen molar-refractivity contribution >= 4 is 62.5 Å². The highest BCUT2D eigenvalue weighted by atomic mass is 127. The lowest BCUT2D eigenvalue weighted by atomic mass is 9.92. The second kappa shape index (κ2) is 9.87. The third-order valence-electron chi connectivity index (χ3n) is 5.04. The number of rotatable bonds is 6. The number of hydrogen-bond donors (Lipinski definition) is 0. The number of ketones is 3. The van der Waals surface area contributed by atoms with Crippen LogP contribution in [-0.2, 0) is 0 Å². The Bertz CT molecular complexity index is 1310. The van der Waals surface area contributed by atoms with E-state index in [1.165, 1.54) is 0 Å².